The van der Waals surface area contributed by atoms with Gasteiger partial charge >= 0.3 is 231 Å². The molecule has 1 amide bonds. The van der Waals surface area contributed by atoms with E-state index >= 15 is 0 Å². The van der Waals surface area contributed by atoms with E-state index in [2.05, 4.69) is 0 Å². The molecular weight excluding hydrogens is 573 g/mol. The third kappa shape index (κ3) is 4.78. The van der Waals surface area contributed by atoms with Gasteiger partial charge in [-0.3, -0.25) is 0 Å². The van der Waals surface area contributed by atoms with Crippen molar-refractivity contribution >= 4 is 60.3 Å². The van der Waals surface area contributed by atoms with E-state index in [1.165, 1.54) is 25.7 Å². The molecule has 0 aromatic heterocycles. The first kappa shape index (κ1) is 26.8. The predicted molar refractivity (Wildman–Crippen MR) is 138 cm³/mol. The number of carbonyl (C=O) groups is 5. The summed E-state index contributed by atoms with van der Waals surface area (Å²) in [6.07, 6.45) is -5.81. The summed E-state index contributed by atoms with van der Waals surface area (Å²) in [4.78, 5) is 65.0. The number of para-hydroxylation sites is 1. The number of esters is 3. The molecule has 0 bridgehead atoms. The summed E-state index contributed by atoms with van der Waals surface area (Å²) < 4.78 is 24.0. The maximum absolute atomic E-state index is 14.2. The fourth-order valence-corrected chi connectivity index (χ4v) is 7.48. The van der Waals surface area contributed by atoms with Crippen molar-refractivity contribution in [2.45, 2.75) is 58.3 Å². The number of Topliss-reactive ketones (excluding diaryl/α,β-unsaturated/α-hetero) is 1. The van der Waals surface area contributed by atoms with Gasteiger partial charge in [0.25, 0.3) is 0 Å². The summed E-state index contributed by atoms with van der Waals surface area (Å²) in [5.74, 6) is -2.77. The number of rotatable bonds is 4. The molecule has 5 rings (SSSR count). The summed E-state index contributed by atoms with van der Waals surface area (Å²) in [5, 5.41) is 0. The zero-order valence-corrected chi connectivity index (χ0v) is 23.2. The Morgan fingerprint density at radius 1 is 0.795 bits per heavy atom. The fourth-order valence-electron chi connectivity index (χ4n) is 5.09. The number of nitrogens with zero attached hydrogens (tertiary/aromatic N) is 1. The van der Waals surface area contributed by atoms with E-state index in [9.17, 15) is 24.0 Å². The standard InChI is InChI=1S/C28H25NO9Se/c1-13-23(36-14(2)30)24(37-15(3)31)25(38-16(4)32)28(35-13)29-19-11-7-5-9-17(19)21(27(29)34)26-22(33)18-10-6-8-12-20(18)39-26/h5-13,23-25,28H,1-4H3/b26-21-/t13-,23-,24+,25+,28-/m0/s1. The van der Waals surface area contributed by atoms with E-state index in [1.807, 2.05) is 12.1 Å². The number of hydrogen-bond acceptors (Lipinski definition) is 9. The first-order valence-electron chi connectivity index (χ1n) is 12.2. The van der Waals surface area contributed by atoms with Gasteiger partial charge in [-0.15, -0.1) is 0 Å². The van der Waals surface area contributed by atoms with Gasteiger partial charge in [0.2, 0.25) is 0 Å². The second-order valence-electron chi connectivity index (χ2n) is 9.28. The van der Waals surface area contributed by atoms with Gasteiger partial charge in [0, 0.05) is 0 Å². The van der Waals surface area contributed by atoms with Crippen LogP contribution in [0.4, 0.5) is 5.69 Å². The number of amides is 1. The van der Waals surface area contributed by atoms with Crippen LogP contribution in [0.3, 0.4) is 0 Å². The molecule has 202 valence electrons. The van der Waals surface area contributed by atoms with E-state index in [1.54, 1.807) is 43.3 Å². The zero-order valence-electron chi connectivity index (χ0n) is 21.5. The first-order valence-corrected chi connectivity index (χ1v) is 14.0. The van der Waals surface area contributed by atoms with Crippen molar-refractivity contribution in [1.82, 2.24) is 0 Å². The number of anilines is 1. The minimum absolute atomic E-state index is 0.201. The maximum atomic E-state index is 14.2. The van der Waals surface area contributed by atoms with Crippen LogP contribution in [0.2, 0.25) is 0 Å². The zero-order chi connectivity index (χ0) is 28.0. The molecule has 5 atom stereocenters. The van der Waals surface area contributed by atoms with Crippen LogP contribution in [-0.2, 0) is 38.1 Å². The second-order valence-corrected chi connectivity index (χ2v) is 11.5. The van der Waals surface area contributed by atoms with Crippen molar-refractivity contribution in [3.63, 3.8) is 0 Å². The summed E-state index contributed by atoms with van der Waals surface area (Å²) >= 11 is -0.404. The van der Waals surface area contributed by atoms with Gasteiger partial charge in [-0.1, -0.05) is 0 Å². The Bertz CT molecular complexity index is 1430. The Morgan fingerprint density at radius 3 is 2.00 bits per heavy atom. The van der Waals surface area contributed by atoms with Gasteiger partial charge in [-0.25, -0.2) is 0 Å². The van der Waals surface area contributed by atoms with Crippen LogP contribution in [0.1, 0.15) is 43.6 Å². The topological polar surface area (TPSA) is 126 Å². The molecule has 3 aliphatic rings. The molecule has 0 aliphatic carbocycles. The van der Waals surface area contributed by atoms with Crippen LogP contribution < -0.4 is 9.36 Å². The normalized spacial score (nSPS) is 27.6. The molecule has 1 fully saturated rings. The predicted octanol–water partition coefficient (Wildman–Crippen LogP) is 1.51. The molecular formula is C28H25NO9Se. The number of fused-ring (bicyclic) bond motifs is 2. The van der Waals surface area contributed by atoms with Crippen LogP contribution in [0.5, 0.6) is 0 Å². The molecule has 39 heavy (non-hydrogen) atoms. The SMILES string of the molecule is CC(=O)O[C@@H]1[C@@H](OC(C)=O)[C@H](C)O[C@H](N2C(=O)/C(=C3\[Se]c4ccccc4C3=O)c3ccccc32)[C@@H]1OC(C)=O. The summed E-state index contributed by atoms with van der Waals surface area (Å²) in [6, 6.07) is 14.2. The van der Waals surface area contributed by atoms with Crippen molar-refractivity contribution < 1.29 is 42.9 Å². The average Bonchev–Trinajstić information content (AvgIpc) is 3.35. The molecule has 1 saturated heterocycles. The van der Waals surface area contributed by atoms with Crippen LogP contribution in [0.25, 0.3) is 5.57 Å². The quantitative estimate of drug-likeness (QED) is 0.223. The number of ether oxygens (including phenoxy) is 4. The van der Waals surface area contributed by atoms with Gasteiger partial charge in [0.15, 0.2) is 0 Å². The third-order valence-electron chi connectivity index (χ3n) is 6.55. The summed E-state index contributed by atoms with van der Waals surface area (Å²) in [5.41, 5.74) is 1.83. The van der Waals surface area contributed by atoms with Crippen LogP contribution in [-0.4, -0.2) is 75.2 Å². The number of allylic oxidation sites excluding steroid dienone is 1. The molecule has 2 aromatic rings. The number of carbonyl (C=O) groups excluding carboxylic acids is 5. The molecule has 11 heteroatoms. The Balaban J connectivity index is 1.62. The van der Waals surface area contributed by atoms with Crippen molar-refractivity contribution in [3.05, 3.63) is 64.1 Å². The van der Waals surface area contributed by atoms with E-state index in [0.717, 1.165) is 4.46 Å². The molecule has 3 heterocycles. The van der Waals surface area contributed by atoms with Crippen LogP contribution >= 0.6 is 0 Å². The first-order chi connectivity index (χ1) is 18.6. The minimum atomic E-state index is -1.34. The molecule has 0 spiro atoms. The molecule has 0 unspecified atom stereocenters. The summed E-state index contributed by atoms with van der Waals surface area (Å²) in [6.45, 7) is 5.15. The van der Waals surface area contributed by atoms with Crippen molar-refractivity contribution in [3.8, 4) is 0 Å². The van der Waals surface area contributed by atoms with Crippen LogP contribution in [0, 0.1) is 0 Å². The molecule has 0 radical (unpaired) electrons. The molecule has 10 nitrogen and oxygen atoms in total. The third-order valence-corrected chi connectivity index (χ3v) is 9.00. The molecule has 3 aliphatic heterocycles. The van der Waals surface area contributed by atoms with E-state index in [-0.39, 0.29) is 11.4 Å². The number of ketones is 1. The Labute approximate surface area is 230 Å². The van der Waals surface area contributed by atoms with Crippen molar-refractivity contribution in [1.29, 1.82) is 0 Å². The Morgan fingerprint density at radius 2 is 1.36 bits per heavy atom. The Hall–Kier alpha value is -3.79. The molecule has 2 aromatic carbocycles. The van der Waals surface area contributed by atoms with Crippen molar-refractivity contribution in [2.75, 3.05) is 4.90 Å². The fraction of sp³-hybridized carbons (Fsp3) is 0.321. The average molecular weight is 598 g/mol. The van der Waals surface area contributed by atoms with Gasteiger partial charge < -0.3 is 0 Å². The Kier molecular flexibility index (Phi) is 7.15. The van der Waals surface area contributed by atoms with E-state index in [0.29, 0.717) is 21.3 Å². The van der Waals surface area contributed by atoms with E-state index in [4.69, 9.17) is 18.9 Å². The molecule has 0 saturated carbocycles. The summed E-state index contributed by atoms with van der Waals surface area (Å²) in [7, 11) is 0. The number of hydrogen-bond donors (Lipinski definition) is 0. The van der Waals surface area contributed by atoms with Crippen molar-refractivity contribution in [2.24, 2.45) is 0 Å². The van der Waals surface area contributed by atoms with Gasteiger partial charge in [-0.05, 0) is 0 Å². The molecule has 0 N–H and O–H groups in total. The number of benzene rings is 2. The van der Waals surface area contributed by atoms with Gasteiger partial charge in [0.05, 0.1) is 0 Å². The van der Waals surface area contributed by atoms with Gasteiger partial charge in [-0.2, -0.15) is 0 Å². The second kappa shape index (κ2) is 10.4. The monoisotopic (exact) mass is 599 g/mol. The van der Waals surface area contributed by atoms with Gasteiger partial charge in [0.1, 0.15) is 0 Å². The van der Waals surface area contributed by atoms with E-state index < -0.39 is 69.4 Å². The van der Waals surface area contributed by atoms with Crippen LogP contribution in [0.15, 0.2) is 53.0 Å².